The smallest absolute Gasteiger partial charge is 0.417 e. The highest BCUT2D eigenvalue weighted by atomic mass is 35.5. The molecule has 0 amide bonds. The van der Waals surface area contributed by atoms with Crippen molar-refractivity contribution in [1.82, 2.24) is 10.2 Å². The van der Waals surface area contributed by atoms with Gasteiger partial charge in [0.15, 0.2) is 0 Å². The van der Waals surface area contributed by atoms with Crippen LogP contribution in [0, 0.1) is 5.82 Å². The summed E-state index contributed by atoms with van der Waals surface area (Å²) < 4.78 is 59.0. The molecule has 0 unspecified atom stereocenters. The van der Waals surface area contributed by atoms with Gasteiger partial charge in [-0.05, 0) is 48.0 Å². The van der Waals surface area contributed by atoms with Gasteiger partial charge < -0.3 is 9.73 Å². The van der Waals surface area contributed by atoms with E-state index >= 15 is 0 Å². The van der Waals surface area contributed by atoms with E-state index in [1.165, 1.54) is 30.3 Å². The summed E-state index contributed by atoms with van der Waals surface area (Å²) in [4.78, 5) is 0. The third-order valence-electron chi connectivity index (χ3n) is 4.49. The van der Waals surface area contributed by atoms with Crippen molar-refractivity contribution < 1.29 is 22.0 Å². The minimum Gasteiger partial charge on any atom is -0.418 e. The SMILES string of the molecule is Fc1ccc([C@H](Nc2ccc(Cl)c(C(F)(F)F)c2)c2nnc(-c3ccccc3)o2)cc1. The molecule has 0 fully saturated rings. The third-order valence-corrected chi connectivity index (χ3v) is 4.82. The van der Waals surface area contributed by atoms with Gasteiger partial charge in [0.1, 0.15) is 11.9 Å². The number of hydrogen-bond donors (Lipinski definition) is 1. The fourth-order valence-corrected chi connectivity index (χ4v) is 3.22. The monoisotopic (exact) mass is 447 g/mol. The van der Waals surface area contributed by atoms with Crippen molar-refractivity contribution in [3.8, 4) is 11.5 Å². The van der Waals surface area contributed by atoms with E-state index < -0.39 is 28.6 Å². The molecule has 0 saturated heterocycles. The van der Waals surface area contributed by atoms with Crippen LogP contribution in [-0.2, 0) is 6.18 Å². The first-order valence-corrected chi connectivity index (χ1v) is 9.46. The van der Waals surface area contributed by atoms with Crippen molar-refractivity contribution in [1.29, 1.82) is 0 Å². The summed E-state index contributed by atoms with van der Waals surface area (Å²) in [6.07, 6.45) is -4.62. The zero-order chi connectivity index (χ0) is 22.0. The minimum atomic E-state index is -4.62. The average Bonchev–Trinajstić information content (AvgIpc) is 3.24. The van der Waals surface area contributed by atoms with Gasteiger partial charge in [0.25, 0.3) is 0 Å². The summed E-state index contributed by atoms with van der Waals surface area (Å²) in [5.74, 6) is -0.102. The molecule has 4 aromatic rings. The molecule has 0 radical (unpaired) electrons. The van der Waals surface area contributed by atoms with Crippen LogP contribution in [0.4, 0.5) is 23.2 Å². The predicted molar refractivity (Wildman–Crippen MR) is 108 cm³/mol. The summed E-state index contributed by atoms with van der Waals surface area (Å²) in [6.45, 7) is 0. The van der Waals surface area contributed by atoms with E-state index in [1.54, 1.807) is 24.3 Å². The van der Waals surface area contributed by atoms with Crippen LogP contribution in [-0.4, -0.2) is 10.2 Å². The van der Waals surface area contributed by atoms with Crippen LogP contribution in [0.3, 0.4) is 0 Å². The Morgan fingerprint density at radius 2 is 1.61 bits per heavy atom. The molecule has 0 aliphatic heterocycles. The zero-order valence-corrected chi connectivity index (χ0v) is 16.5. The predicted octanol–water partition coefficient (Wildman–Crippen LogP) is 6.75. The van der Waals surface area contributed by atoms with Crippen LogP contribution < -0.4 is 5.32 Å². The Kier molecular flexibility index (Phi) is 5.65. The van der Waals surface area contributed by atoms with Crippen LogP contribution in [0.15, 0.2) is 77.2 Å². The molecule has 4 rings (SSSR count). The maximum absolute atomic E-state index is 13.4. The third kappa shape index (κ3) is 4.69. The van der Waals surface area contributed by atoms with Crippen molar-refractivity contribution in [3.05, 3.63) is 101 Å². The van der Waals surface area contributed by atoms with Crippen LogP contribution in [0.1, 0.15) is 23.1 Å². The van der Waals surface area contributed by atoms with Gasteiger partial charge in [-0.2, -0.15) is 13.2 Å². The summed E-state index contributed by atoms with van der Waals surface area (Å²) >= 11 is 5.71. The first-order valence-electron chi connectivity index (χ1n) is 9.09. The van der Waals surface area contributed by atoms with E-state index in [2.05, 4.69) is 15.5 Å². The van der Waals surface area contributed by atoms with E-state index in [9.17, 15) is 17.6 Å². The molecule has 1 atom stereocenters. The molecule has 31 heavy (non-hydrogen) atoms. The number of halogens is 5. The van der Waals surface area contributed by atoms with Gasteiger partial charge in [0.05, 0.1) is 10.6 Å². The topological polar surface area (TPSA) is 51.0 Å². The summed E-state index contributed by atoms with van der Waals surface area (Å²) in [5, 5.41) is 10.6. The van der Waals surface area contributed by atoms with Gasteiger partial charge in [-0.25, -0.2) is 4.39 Å². The van der Waals surface area contributed by atoms with Crippen molar-refractivity contribution >= 4 is 17.3 Å². The second kappa shape index (κ2) is 8.39. The van der Waals surface area contributed by atoms with Crippen LogP contribution >= 0.6 is 11.6 Å². The number of aromatic nitrogens is 2. The highest BCUT2D eigenvalue weighted by Gasteiger charge is 2.33. The number of hydrogen-bond acceptors (Lipinski definition) is 4. The number of anilines is 1. The fraction of sp³-hybridized carbons (Fsp3) is 0.0909. The van der Waals surface area contributed by atoms with Crippen molar-refractivity contribution in [3.63, 3.8) is 0 Å². The zero-order valence-electron chi connectivity index (χ0n) is 15.7. The number of rotatable bonds is 5. The lowest BCUT2D eigenvalue weighted by Gasteiger charge is -2.18. The second-order valence-corrected chi connectivity index (χ2v) is 7.04. The fourth-order valence-electron chi connectivity index (χ4n) is 2.99. The van der Waals surface area contributed by atoms with E-state index in [1.807, 2.05) is 6.07 Å². The lowest BCUT2D eigenvalue weighted by atomic mass is 10.1. The highest BCUT2D eigenvalue weighted by Crippen LogP contribution is 2.37. The maximum Gasteiger partial charge on any atom is 0.417 e. The Bertz CT molecular complexity index is 1180. The van der Waals surface area contributed by atoms with Gasteiger partial charge in [-0.1, -0.05) is 41.9 Å². The summed E-state index contributed by atoms with van der Waals surface area (Å²) in [6, 6.07) is 17.1. The summed E-state index contributed by atoms with van der Waals surface area (Å²) in [7, 11) is 0. The standard InChI is InChI=1S/C22H14ClF4N3O/c23-18-11-10-16(12-17(18)22(25,26)27)28-19(13-6-8-15(24)9-7-13)21-30-29-20(31-21)14-4-2-1-3-5-14/h1-12,19,28H/t19-/m0/s1. The van der Waals surface area contributed by atoms with Crippen molar-refractivity contribution in [2.45, 2.75) is 12.2 Å². The van der Waals surface area contributed by atoms with E-state index in [-0.39, 0.29) is 17.5 Å². The molecule has 9 heteroatoms. The molecule has 1 aromatic heterocycles. The first kappa shape index (κ1) is 20.9. The van der Waals surface area contributed by atoms with Crippen LogP contribution in [0.25, 0.3) is 11.5 Å². The molecule has 1 N–H and O–H groups in total. The first-order chi connectivity index (χ1) is 14.8. The highest BCUT2D eigenvalue weighted by molar-refractivity contribution is 6.31. The molecule has 0 spiro atoms. The Labute approximate surface area is 179 Å². The van der Waals surface area contributed by atoms with Crippen molar-refractivity contribution in [2.75, 3.05) is 5.32 Å². The molecule has 0 saturated carbocycles. The average molecular weight is 448 g/mol. The van der Waals surface area contributed by atoms with Crippen molar-refractivity contribution in [2.24, 2.45) is 0 Å². The minimum absolute atomic E-state index is 0.106. The Balaban J connectivity index is 1.73. The quantitative estimate of drug-likeness (QED) is 0.344. The maximum atomic E-state index is 13.4. The molecule has 1 heterocycles. The van der Waals surface area contributed by atoms with Crippen LogP contribution in [0.5, 0.6) is 0 Å². The number of alkyl halides is 3. The Hall–Kier alpha value is -3.39. The number of benzene rings is 3. The van der Waals surface area contributed by atoms with Gasteiger partial charge >= 0.3 is 6.18 Å². The molecule has 0 bridgehead atoms. The van der Waals surface area contributed by atoms with Gasteiger partial charge in [-0.3, -0.25) is 0 Å². The Morgan fingerprint density at radius 1 is 0.903 bits per heavy atom. The molecule has 158 valence electrons. The van der Waals surface area contributed by atoms with Gasteiger partial charge in [0.2, 0.25) is 11.8 Å². The lowest BCUT2D eigenvalue weighted by molar-refractivity contribution is -0.137. The van der Waals surface area contributed by atoms with E-state index in [4.69, 9.17) is 16.0 Å². The molecular weight excluding hydrogens is 434 g/mol. The Morgan fingerprint density at radius 3 is 2.29 bits per heavy atom. The van der Waals surface area contributed by atoms with E-state index in [0.717, 1.165) is 12.1 Å². The number of nitrogens with one attached hydrogen (secondary N) is 1. The number of nitrogens with zero attached hydrogens (tertiary/aromatic N) is 2. The normalized spacial score (nSPS) is 12.5. The second-order valence-electron chi connectivity index (χ2n) is 6.63. The molecule has 0 aliphatic carbocycles. The summed E-state index contributed by atoms with van der Waals surface area (Å²) in [5.41, 5.74) is 0.358. The molecule has 3 aromatic carbocycles. The molecule has 0 aliphatic rings. The lowest BCUT2D eigenvalue weighted by Crippen LogP contribution is -2.14. The van der Waals surface area contributed by atoms with Gasteiger partial charge in [0, 0.05) is 11.3 Å². The largest absolute Gasteiger partial charge is 0.418 e. The van der Waals surface area contributed by atoms with E-state index in [0.29, 0.717) is 11.1 Å². The molecular formula is C22H14ClF4N3O. The molecule has 4 nitrogen and oxygen atoms in total. The van der Waals surface area contributed by atoms with Gasteiger partial charge in [-0.15, -0.1) is 10.2 Å². The van der Waals surface area contributed by atoms with Crippen LogP contribution in [0.2, 0.25) is 5.02 Å².